The SMILES string of the molecule is O=C(NCCS(=O)(=O)NCCS)c1ccc(F)cc1. The summed E-state index contributed by atoms with van der Waals surface area (Å²) in [7, 11) is -3.40. The van der Waals surface area contributed by atoms with Crippen molar-refractivity contribution in [3.05, 3.63) is 35.6 Å². The molecule has 0 atom stereocenters. The van der Waals surface area contributed by atoms with Crippen LogP contribution in [0.3, 0.4) is 0 Å². The van der Waals surface area contributed by atoms with Gasteiger partial charge in [-0.1, -0.05) is 0 Å². The first kappa shape index (κ1) is 15.9. The van der Waals surface area contributed by atoms with Crippen LogP contribution in [0.25, 0.3) is 0 Å². The van der Waals surface area contributed by atoms with E-state index >= 15 is 0 Å². The Balaban J connectivity index is 2.41. The van der Waals surface area contributed by atoms with Crippen LogP contribution in [-0.4, -0.2) is 38.9 Å². The van der Waals surface area contributed by atoms with Gasteiger partial charge in [0.05, 0.1) is 5.75 Å². The molecule has 1 rings (SSSR count). The van der Waals surface area contributed by atoms with Gasteiger partial charge in [-0.2, -0.15) is 12.6 Å². The number of benzene rings is 1. The molecule has 0 aromatic heterocycles. The summed E-state index contributed by atoms with van der Waals surface area (Å²) in [4.78, 5) is 11.6. The molecule has 8 heteroatoms. The molecule has 0 aliphatic rings. The predicted molar refractivity (Wildman–Crippen MR) is 74.4 cm³/mol. The normalized spacial score (nSPS) is 11.3. The highest BCUT2D eigenvalue weighted by molar-refractivity contribution is 7.89. The van der Waals surface area contributed by atoms with Crippen LogP contribution in [0.5, 0.6) is 0 Å². The fourth-order valence-corrected chi connectivity index (χ4v) is 2.47. The van der Waals surface area contributed by atoms with Crippen molar-refractivity contribution < 1.29 is 17.6 Å². The summed E-state index contributed by atoms with van der Waals surface area (Å²) < 4.78 is 37.8. The van der Waals surface area contributed by atoms with E-state index in [2.05, 4.69) is 22.7 Å². The minimum Gasteiger partial charge on any atom is -0.351 e. The van der Waals surface area contributed by atoms with Crippen molar-refractivity contribution >= 4 is 28.6 Å². The molecule has 19 heavy (non-hydrogen) atoms. The summed E-state index contributed by atoms with van der Waals surface area (Å²) in [6.07, 6.45) is 0. The van der Waals surface area contributed by atoms with E-state index in [0.717, 1.165) is 0 Å². The van der Waals surface area contributed by atoms with E-state index < -0.39 is 21.7 Å². The highest BCUT2D eigenvalue weighted by Crippen LogP contribution is 2.02. The highest BCUT2D eigenvalue weighted by atomic mass is 32.2. The average molecular weight is 306 g/mol. The van der Waals surface area contributed by atoms with Crippen LogP contribution >= 0.6 is 12.6 Å². The number of hydrogen-bond acceptors (Lipinski definition) is 4. The van der Waals surface area contributed by atoms with Crippen LogP contribution in [0.15, 0.2) is 24.3 Å². The molecule has 0 saturated heterocycles. The van der Waals surface area contributed by atoms with Crippen LogP contribution < -0.4 is 10.0 Å². The first-order valence-electron chi connectivity index (χ1n) is 5.56. The number of hydrogen-bond donors (Lipinski definition) is 3. The van der Waals surface area contributed by atoms with Gasteiger partial charge in [-0.15, -0.1) is 0 Å². The van der Waals surface area contributed by atoms with Crippen LogP contribution in [0.4, 0.5) is 4.39 Å². The van der Waals surface area contributed by atoms with Gasteiger partial charge in [-0.25, -0.2) is 17.5 Å². The summed E-state index contributed by atoms with van der Waals surface area (Å²) in [6, 6.07) is 5.00. The third-order valence-corrected chi connectivity index (χ3v) is 3.81. The van der Waals surface area contributed by atoms with Gasteiger partial charge in [0.15, 0.2) is 0 Å². The van der Waals surface area contributed by atoms with E-state index in [-0.39, 0.29) is 24.4 Å². The Morgan fingerprint density at radius 3 is 2.42 bits per heavy atom. The summed E-state index contributed by atoms with van der Waals surface area (Å²) in [5.74, 6) is -0.686. The molecular weight excluding hydrogens is 291 g/mol. The number of thiol groups is 1. The van der Waals surface area contributed by atoms with E-state index in [4.69, 9.17) is 0 Å². The number of rotatable bonds is 7. The zero-order valence-corrected chi connectivity index (χ0v) is 11.8. The molecule has 0 saturated carbocycles. The maximum Gasteiger partial charge on any atom is 0.251 e. The van der Waals surface area contributed by atoms with E-state index in [1.807, 2.05) is 0 Å². The number of nitrogens with one attached hydrogen (secondary N) is 2. The van der Waals surface area contributed by atoms with Crippen molar-refractivity contribution in [2.45, 2.75) is 0 Å². The van der Waals surface area contributed by atoms with Crippen LogP contribution in [0.2, 0.25) is 0 Å². The minimum atomic E-state index is -3.40. The molecular formula is C11H15FN2O3S2. The second-order valence-corrected chi connectivity index (χ2v) is 6.07. The fraction of sp³-hybridized carbons (Fsp3) is 0.364. The number of sulfonamides is 1. The zero-order valence-electron chi connectivity index (χ0n) is 10.1. The zero-order chi connectivity index (χ0) is 14.3. The van der Waals surface area contributed by atoms with Crippen molar-refractivity contribution in [1.29, 1.82) is 0 Å². The number of carbonyl (C=O) groups excluding carboxylic acids is 1. The lowest BCUT2D eigenvalue weighted by Gasteiger charge is -2.07. The van der Waals surface area contributed by atoms with E-state index in [1.54, 1.807) is 0 Å². The van der Waals surface area contributed by atoms with E-state index in [0.29, 0.717) is 5.75 Å². The third kappa shape index (κ3) is 6.04. The Morgan fingerprint density at radius 1 is 1.21 bits per heavy atom. The van der Waals surface area contributed by atoms with Gasteiger partial charge in [0.2, 0.25) is 10.0 Å². The number of amides is 1. The Morgan fingerprint density at radius 2 is 1.84 bits per heavy atom. The Labute approximate surface area is 117 Å². The molecule has 0 aliphatic heterocycles. The summed E-state index contributed by atoms with van der Waals surface area (Å²) in [5, 5.41) is 2.45. The molecule has 106 valence electrons. The lowest BCUT2D eigenvalue weighted by molar-refractivity contribution is 0.0956. The molecule has 0 radical (unpaired) electrons. The first-order valence-corrected chi connectivity index (χ1v) is 7.85. The molecule has 2 N–H and O–H groups in total. The number of halogens is 1. The molecule has 0 unspecified atom stereocenters. The van der Waals surface area contributed by atoms with Gasteiger partial charge >= 0.3 is 0 Å². The fourth-order valence-electron chi connectivity index (χ4n) is 1.28. The first-order chi connectivity index (χ1) is 8.94. The van der Waals surface area contributed by atoms with Gasteiger partial charge in [0.25, 0.3) is 5.91 Å². The second-order valence-electron chi connectivity index (χ2n) is 3.70. The predicted octanol–water partition coefficient (Wildman–Crippen LogP) is 0.405. The van der Waals surface area contributed by atoms with Gasteiger partial charge in [0, 0.05) is 24.4 Å². The van der Waals surface area contributed by atoms with Crippen LogP contribution in [-0.2, 0) is 10.0 Å². The van der Waals surface area contributed by atoms with Gasteiger partial charge in [0.1, 0.15) is 5.82 Å². The monoisotopic (exact) mass is 306 g/mol. The maximum absolute atomic E-state index is 12.7. The van der Waals surface area contributed by atoms with Crippen molar-refractivity contribution in [2.24, 2.45) is 0 Å². The topological polar surface area (TPSA) is 75.3 Å². The molecule has 0 spiro atoms. The molecule has 0 fully saturated rings. The van der Waals surface area contributed by atoms with Crippen molar-refractivity contribution in [3.8, 4) is 0 Å². The molecule has 1 amide bonds. The van der Waals surface area contributed by atoms with E-state index in [9.17, 15) is 17.6 Å². The number of carbonyl (C=O) groups is 1. The quantitative estimate of drug-likeness (QED) is 0.639. The summed E-state index contributed by atoms with van der Waals surface area (Å²) in [5.41, 5.74) is 0.280. The minimum absolute atomic E-state index is 0.0158. The average Bonchev–Trinajstić information content (AvgIpc) is 2.37. The van der Waals surface area contributed by atoms with E-state index in [1.165, 1.54) is 24.3 Å². The van der Waals surface area contributed by atoms with Crippen molar-refractivity contribution in [3.63, 3.8) is 0 Å². The molecule has 1 aromatic rings. The lowest BCUT2D eigenvalue weighted by atomic mass is 10.2. The van der Waals surface area contributed by atoms with Crippen molar-refractivity contribution in [1.82, 2.24) is 10.0 Å². The van der Waals surface area contributed by atoms with Gasteiger partial charge in [-0.3, -0.25) is 4.79 Å². The largest absolute Gasteiger partial charge is 0.351 e. The molecule has 5 nitrogen and oxygen atoms in total. The Kier molecular flexibility index (Phi) is 6.26. The molecule has 0 heterocycles. The van der Waals surface area contributed by atoms with Gasteiger partial charge < -0.3 is 5.32 Å². The molecule has 1 aromatic carbocycles. The second kappa shape index (κ2) is 7.46. The van der Waals surface area contributed by atoms with Crippen LogP contribution in [0, 0.1) is 5.82 Å². The maximum atomic E-state index is 12.7. The highest BCUT2D eigenvalue weighted by Gasteiger charge is 2.10. The van der Waals surface area contributed by atoms with Gasteiger partial charge in [-0.05, 0) is 24.3 Å². The Bertz CT molecular complexity index is 517. The third-order valence-electron chi connectivity index (χ3n) is 2.20. The van der Waals surface area contributed by atoms with Crippen LogP contribution in [0.1, 0.15) is 10.4 Å². The summed E-state index contributed by atoms with van der Waals surface area (Å²) in [6.45, 7) is 0.232. The molecule has 0 bridgehead atoms. The summed E-state index contributed by atoms with van der Waals surface area (Å²) >= 11 is 3.88. The smallest absolute Gasteiger partial charge is 0.251 e. The van der Waals surface area contributed by atoms with Crippen molar-refractivity contribution in [2.75, 3.05) is 24.6 Å². The standard InChI is InChI=1S/C11H15FN2O3S2/c12-10-3-1-9(2-4-10)11(15)13-6-8-19(16,17)14-5-7-18/h1-4,14,18H,5-8H2,(H,13,15). The lowest BCUT2D eigenvalue weighted by Crippen LogP contribution is -2.35. The Hall–Kier alpha value is -1.12. The molecule has 0 aliphatic carbocycles.